The van der Waals surface area contributed by atoms with E-state index < -0.39 is 0 Å². The second-order valence-corrected chi connectivity index (χ2v) is 5.74. The van der Waals surface area contributed by atoms with E-state index in [0.717, 1.165) is 5.56 Å². The summed E-state index contributed by atoms with van der Waals surface area (Å²) in [4.78, 5) is 16.1. The molecule has 1 heterocycles. The van der Waals surface area contributed by atoms with Crippen molar-refractivity contribution in [3.05, 3.63) is 30.1 Å². The maximum Gasteiger partial charge on any atom is 0.319 e. The summed E-state index contributed by atoms with van der Waals surface area (Å²) in [5.41, 5.74) is 1.44. The first-order valence-corrected chi connectivity index (χ1v) is 7.65. The molecule has 0 bridgehead atoms. The van der Waals surface area contributed by atoms with Crippen LogP contribution in [-0.2, 0) is 6.42 Å². The number of carbonyl (C=O) groups is 1. The third-order valence-electron chi connectivity index (χ3n) is 3.24. The van der Waals surface area contributed by atoms with E-state index in [1.165, 1.54) is 0 Å². The van der Waals surface area contributed by atoms with Crippen molar-refractivity contribution >= 4 is 11.7 Å². The predicted octanol–water partition coefficient (Wildman–Crippen LogP) is 2.42. The molecule has 7 nitrogen and oxygen atoms in total. The summed E-state index contributed by atoms with van der Waals surface area (Å²) in [6, 6.07) is 7.41. The number of rotatable bonds is 6. The first-order chi connectivity index (χ1) is 11.0. The van der Waals surface area contributed by atoms with E-state index in [9.17, 15) is 4.79 Å². The number of hydrogen-bond donors (Lipinski definition) is 3. The first kappa shape index (κ1) is 17.0. The lowest BCUT2D eigenvalue weighted by atomic mass is 10.2. The lowest BCUT2D eigenvalue weighted by Crippen LogP contribution is -2.34. The van der Waals surface area contributed by atoms with Gasteiger partial charge in [0.25, 0.3) is 5.89 Å². The van der Waals surface area contributed by atoms with Crippen LogP contribution in [0.3, 0.4) is 0 Å². The predicted molar refractivity (Wildman–Crippen MR) is 89.3 cm³/mol. The van der Waals surface area contributed by atoms with Crippen LogP contribution in [0.15, 0.2) is 28.8 Å². The summed E-state index contributed by atoms with van der Waals surface area (Å²) in [6.07, 6.45) is 0.689. The fourth-order valence-corrected chi connectivity index (χ4v) is 1.99. The van der Waals surface area contributed by atoms with Crippen molar-refractivity contribution in [2.45, 2.75) is 39.3 Å². The fraction of sp³-hybridized carbons (Fsp3) is 0.438. The standard InChI is InChI=1S/C16H23N5O2/c1-10(2)18-16(22)19-13-7-5-6-12(9-13)15-20-14(21-23-15)8-11(3)17-4/h5-7,9-11,17H,8H2,1-4H3,(H2,18,19,22). The number of nitrogens with one attached hydrogen (secondary N) is 3. The van der Waals surface area contributed by atoms with Crippen LogP contribution in [0.5, 0.6) is 0 Å². The van der Waals surface area contributed by atoms with Crippen LogP contribution in [0.25, 0.3) is 11.5 Å². The maximum absolute atomic E-state index is 11.7. The number of likely N-dealkylation sites (N-methyl/N-ethyl adjacent to an activating group) is 1. The van der Waals surface area contributed by atoms with Gasteiger partial charge in [0.05, 0.1) is 0 Å². The fourth-order valence-electron chi connectivity index (χ4n) is 1.99. The molecule has 1 aromatic heterocycles. The molecule has 1 aromatic carbocycles. The van der Waals surface area contributed by atoms with Crippen molar-refractivity contribution in [1.82, 2.24) is 20.8 Å². The van der Waals surface area contributed by atoms with Crippen LogP contribution >= 0.6 is 0 Å². The van der Waals surface area contributed by atoms with Crippen LogP contribution < -0.4 is 16.0 Å². The van der Waals surface area contributed by atoms with E-state index in [0.29, 0.717) is 23.8 Å². The largest absolute Gasteiger partial charge is 0.336 e. The highest BCUT2D eigenvalue weighted by atomic mass is 16.5. The second kappa shape index (κ2) is 7.73. The average molecular weight is 317 g/mol. The van der Waals surface area contributed by atoms with Crippen molar-refractivity contribution < 1.29 is 9.32 Å². The normalized spacial score (nSPS) is 12.2. The van der Waals surface area contributed by atoms with E-state index >= 15 is 0 Å². The molecule has 1 unspecified atom stereocenters. The molecule has 0 saturated carbocycles. The van der Waals surface area contributed by atoms with Crippen LogP contribution in [0.1, 0.15) is 26.6 Å². The summed E-state index contributed by atoms with van der Waals surface area (Å²) in [7, 11) is 1.89. The van der Waals surface area contributed by atoms with Gasteiger partial charge >= 0.3 is 6.03 Å². The molecule has 0 aliphatic heterocycles. The first-order valence-electron chi connectivity index (χ1n) is 7.65. The maximum atomic E-state index is 11.7. The minimum Gasteiger partial charge on any atom is -0.336 e. The van der Waals surface area contributed by atoms with E-state index in [4.69, 9.17) is 4.52 Å². The summed E-state index contributed by atoms with van der Waals surface area (Å²) in [5, 5.41) is 12.7. The van der Waals surface area contributed by atoms with Crippen LogP contribution in [0, 0.1) is 0 Å². The zero-order valence-corrected chi connectivity index (χ0v) is 13.9. The number of hydrogen-bond acceptors (Lipinski definition) is 5. The van der Waals surface area contributed by atoms with Gasteiger partial charge in [0.15, 0.2) is 5.82 Å². The monoisotopic (exact) mass is 317 g/mol. The Hall–Kier alpha value is -2.41. The highest BCUT2D eigenvalue weighted by Crippen LogP contribution is 2.21. The van der Waals surface area contributed by atoms with Gasteiger partial charge in [-0.3, -0.25) is 0 Å². The SMILES string of the molecule is CNC(C)Cc1noc(-c2cccc(NC(=O)NC(C)C)c2)n1. The topological polar surface area (TPSA) is 92.1 Å². The zero-order chi connectivity index (χ0) is 16.8. The lowest BCUT2D eigenvalue weighted by molar-refractivity contribution is 0.250. The molecule has 2 rings (SSSR count). The van der Waals surface area contributed by atoms with E-state index in [-0.39, 0.29) is 18.1 Å². The van der Waals surface area contributed by atoms with Gasteiger partial charge in [-0.05, 0) is 46.0 Å². The van der Waals surface area contributed by atoms with Crippen molar-refractivity contribution in [3.63, 3.8) is 0 Å². The van der Waals surface area contributed by atoms with Gasteiger partial charge in [-0.25, -0.2) is 4.79 Å². The van der Waals surface area contributed by atoms with Crippen molar-refractivity contribution in [3.8, 4) is 11.5 Å². The van der Waals surface area contributed by atoms with Gasteiger partial charge in [-0.1, -0.05) is 11.2 Å². The Bertz CT molecular complexity index is 653. The number of carbonyl (C=O) groups excluding carboxylic acids is 1. The third kappa shape index (κ3) is 5.07. The molecule has 1 atom stereocenters. The molecule has 124 valence electrons. The third-order valence-corrected chi connectivity index (χ3v) is 3.24. The highest BCUT2D eigenvalue weighted by molar-refractivity contribution is 5.90. The van der Waals surface area contributed by atoms with Crippen LogP contribution in [0.4, 0.5) is 10.5 Å². The second-order valence-electron chi connectivity index (χ2n) is 5.74. The number of anilines is 1. The molecule has 0 aliphatic carbocycles. The van der Waals surface area contributed by atoms with Gasteiger partial charge in [-0.2, -0.15) is 4.98 Å². The van der Waals surface area contributed by atoms with Crippen LogP contribution in [0.2, 0.25) is 0 Å². The molecule has 3 N–H and O–H groups in total. The number of aromatic nitrogens is 2. The number of urea groups is 1. The van der Waals surface area contributed by atoms with Gasteiger partial charge < -0.3 is 20.5 Å². The molecular weight excluding hydrogens is 294 g/mol. The van der Waals surface area contributed by atoms with E-state index in [1.807, 2.05) is 46.0 Å². The molecule has 0 spiro atoms. The van der Waals surface area contributed by atoms with Crippen molar-refractivity contribution in [2.75, 3.05) is 12.4 Å². The van der Waals surface area contributed by atoms with Gasteiger partial charge in [-0.15, -0.1) is 0 Å². The summed E-state index contributed by atoms with van der Waals surface area (Å²) < 4.78 is 5.30. The lowest BCUT2D eigenvalue weighted by Gasteiger charge is -2.10. The zero-order valence-electron chi connectivity index (χ0n) is 13.9. The van der Waals surface area contributed by atoms with Gasteiger partial charge in [0.2, 0.25) is 0 Å². The molecule has 2 aromatic rings. The molecule has 7 heteroatoms. The minimum atomic E-state index is -0.244. The smallest absolute Gasteiger partial charge is 0.319 e. The van der Waals surface area contributed by atoms with E-state index in [1.54, 1.807) is 6.07 Å². The Morgan fingerprint density at radius 3 is 2.78 bits per heavy atom. The minimum absolute atomic E-state index is 0.0749. The number of nitrogens with zero attached hydrogens (tertiary/aromatic N) is 2. The molecule has 2 amide bonds. The van der Waals surface area contributed by atoms with Crippen molar-refractivity contribution in [2.24, 2.45) is 0 Å². The average Bonchev–Trinajstić information content (AvgIpc) is 2.95. The number of benzene rings is 1. The Balaban J connectivity index is 2.09. The van der Waals surface area contributed by atoms with Gasteiger partial charge in [0, 0.05) is 29.8 Å². The molecule has 0 saturated heterocycles. The molecular formula is C16H23N5O2. The summed E-state index contributed by atoms with van der Waals surface area (Å²) in [6.45, 7) is 5.86. The Labute approximate surface area is 135 Å². The summed E-state index contributed by atoms with van der Waals surface area (Å²) in [5.74, 6) is 1.09. The van der Waals surface area contributed by atoms with E-state index in [2.05, 4.69) is 26.1 Å². The molecule has 23 heavy (non-hydrogen) atoms. The summed E-state index contributed by atoms with van der Waals surface area (Å²) >= 11 is 0. The molecule has 0 fully saturated rings. The Kier molecular flexibility index (Phi) is 5.70. The number of amides is 2. The Morgan fingerprint density at radius 1 is 1.30 bits per heavy atom. The highest BCUT2D eigenvalue weighted by Gasteiger charge is 2.12. The molecule has 0 aliphatic rings. The Morgan fingerprint density at radius 2 is 2.09 bits per heavy atom. The molecule has 0 radical (unpaired) electrons. The van der Waals surface area contributed by atoms with Crippen LogP contribution in [-0.4, -0.2) is 35.3 Å². The quantitative estimate of drug-likeness (QED) is 0.761. The van der Waals surface area contributed by atoms with Gasteiger partial charge in [0.1, 0.15) is 0 Å². The van der Waals surface area contributed by atoms with Crippen molar-refractivity contribution in [1.29, 1.82) is 0 Å².